The Morgan fingerprint density at radius 3 is 3.00 bits per heavy atom. The van der Waals surface area contributed by atoms with Gasteiger partial charge in [0.05, 0.1) is 11.4 Å². The Kier molecular flexibility index (Phi) is 4.04. The van der Waals surface area contributed by atoms with Gasteiger partial charge >= 0.3 is 0 Å². The first-order valence-electron chi connectivity index (χ1n) is 7.33. The van der Waals surface area contributed by atoms with Crippen LogP contribution in [0.3, 0.4) is 0 Å². The van der Waals surface area contributed by atoms with Gasteiger partial charge in [-0.15, -0.1) is 11.3 Å². The van der Waals surface area contributed by atoms with Crippen molar-refractivity contribution in [2.75, 3.05) is 17.3 Å². The summed E-state index contributed by atoms with van der Waals surface area (Å²) in [5.74, 6) is 0.533. The molecule has 6 nitrogen and oxygen atoms in total. The summed E-state index contributed by atoms with van der Waals surface area (Å²) in [6.45, 7) is 3.53. The quantitative estimate of drug-likeness (QED) is 0.939. The van der Waals surface area contributed by atoms with Crippen LogP contribution in [0.1, 0.15) is 20.3 Å². The summed E-state index contributed by atoms with van der Waals surface area (Å²) in [7, 11) is 1.73. The third-order valence-electron chi connectivity index (χ3n) is 3.67. The summed E-state index contributed by atoms with van der Waals surface area (Å²) in [6.07, 6.45) is -0.0654. The topological polar surface area (TPSA) is 71.5 Å². The number of fused-ring (bicyclic) bond motifs is 1. The van der Waals surface area contributed by atoms with E-state index in [-0.39, 0.29) is 11.8 Å². The molecule has 2 aromatic rings. The maximum absolute atomic E-state index is 12.0. The highest BCUT2D eigenvalue weighted by Crippen LogP contribution is 2.37. The lowest BCUT2D eigenvalue weighted by molar-refractivity contribution is -0.125. The van der Waals surface area contributed by atoms with Gasteiger partial charge in [0.1, 0.15) is 5.75 Å². The fourth-order valence-electron chi connectivity index (χ4n) is 2.34. The number of nitrogens with one attached hydrogen (secondary N) is 1. The van der Waals surface area contributed by atoms with Crippen LogP contribution in [0.4, 0.5) is 10.8 Å². The van der Waals surface area contributed by atoms with Crippen molar-refractivity contribution >= 4 is 34.0 Å². The lowest BCUT2D eigenvalue weighted by Gasteiger charge is -2.30. The first-order valence-corrected chi connectivity index (χ1v) is 8.21. The number of hydrogen-bond donors (Lipinski definition) is 1. The summed E-state index contributed by atoms with van der Waals surface area (Å²) < 4.78 is 5.61. The van der Waals surface area contributed by atoms with E-state index in [1.165, 1.54) is 11.3 Å². The molecule has 0 radical (unpaired) electrons. The Hall–Kier alpha value is -2.41. The van der Waals surface area contributed by atoms with Gasteiger partial charge in [-0.3, -0.25) is 9.59 Å². The zero-order chi connectivity index (χ0) is 16.6. The molecule has 7 heteroatoms. The van der Waals surface area contributed by atoms with Crippen molar-refractivity contribution in [2.24, 2.45) is 0 Å². The molecule has 1 aromatic carbocycles. The second-order valence-corrected chi connectivity index (χ2v) is 6.14. The summed E-state index contributed by atoms with van der Waals surface area (Å²) >= 11 is 1.37. The Morgan fingerprint density at radius 2 is 2.26 bits per heavy atom. The Bertz CT molecular complexity index is 772. The standard InChI is InChI=1S/C16H17N3O3S/c1-4-14(20)18-16-17-11(8-23-16)10-5-6-13-12(7-10)19(3)15(21)9(2)22-13/h5-9H,4H2,1-3H3,(H,17,18,20)/t9-/m1/s1. The zero-order valence-corrected chi connectivity index (χ0v) is 13.9. The second-order valence-electron chi connectivity index (χ2n) is 5.28. The SMILES string of the molecule is CCC(=O)Nc1nc(-c2ccc3c(c2)N(C)C(=O)[C@@H](C)O3)cs1. The number of likely N-dealkylation sites (N-methyl/N-ethyl adjacent to an activating group) is 1. The van der Waals surface area contributed by atoms with E-state index in [0.717, 1.165) is 16.9 Å². The van der Waals surface area contributed by atoms with Crippen LogP contribution in [0, 0.1) is 0 Å². The van der Waals surface area contributed by atoms with Gasteiger partial charge in [0.25, 0.3) is 5.91 Å². The van der Waals surface area contributed by atoms with Crippen molar-refractivity contribution in [1.82, 2.24) is 4.98 Å². The van der Waals surface area contributed by atoms with E-state index in [1.54, 1.807) is 25.8 Å². The van der Waals surface area contributed by atoms with Crippen LogP contribution in [0.2, 0.25) is 0 Å². The third kappa shape index (κ3) is 2.92. The van der Waals surface area contributed by atoms with Crippen molar-refractivity contribution in [1.29, 1.82) is 0 Å². The normalized spacial score (nSPS) is 16.7. The summed E-state index contributed by atoms with van der Waals surface area (Å²) in [4.78, 5) is 29.5. The maximum Gasteiger partial charge on any atom is 0.267 e. The smallest absolute Gasteiger partial charge is 0.267 e. The van der Waals surface area contributed by atoms with Crippen molar-refractivity contribution in [2.45, 2.75) is 26.4 Å². The van der Waals surface area contributed by atoms with Crippen LogP contribution >= 0.6 is 11.3 Å². The molecule has 0 unspecified atom stereocenters. The molecule has 23 heavy (non-hydrogen) atoms. The average Bonchev–Trinajstić information content (AvgIpc) is 3.01. The van der Waals surface area contributed by atoms with Crippen molar-refractivity contribution in [3.05, 3.63) is 23.6 Å². The Morgan fingerprint density at radius 1 is 1.48 bits per heavy atom. The molecule has 120 valence electrons. The molecule has 3 rings (SSSR count). The predicted molar refractivity (Wildman–Crippen MR) is 90.0 cm³/mol. The van der Waals surface area contributed by atoms with Crippen molar-refractivity contribution < 1.29 is 14.3 Å². The van der Waals surface area contributed by atoms with E-state index in [2.05, 4.69) is 10.3 Å². The minimum Gasteiger partial charge on any atom is -0.479 e. The molecule has 0 spiro atoms. The van der Waals surface area contributed by atoms with Gasteiger partial charge in [0.15, 0.2) is 11.2 Å². The molecule has 0 bridgehead atoms. The van der Waals surface area contributed by atoms with Gasteiger partial charge < -0.3 is 15.0 Å². The molecule has 0 fully saturated rings. The number of aromatic nitrogens is 1. The van der Waals surface area contributed by atoms with Crippen LogP contribution in [0.15, 0.2) is 23.6 Å². The van der Waals surface area contributed by atoms with E-state index in [1.807, 2.05) is 23.6 Å². The summed E-state index contributed by atoms with van der Waals surface area (Å²) in [5.41, 5.74) is 2.34. The fraction of sp³-hybridized carbons (Fsp3) is 0.312. The van der Waals surface area contributed by atoms with E-state index in [0.29, 0.717) is 17.3 Å². The molecular formula is C16H17N3O3S. The minimum atomic E-state index is -0.478. The molecular weight excluding hydrogens is 314 g/mol. The van der Waals surface area contributed by atoms with Gasteiger partial charge in [-0.05, 0) is 25.1 Å². The van der Waals surface area contributed by atoms with E-state index in [4.69, 9.17) is 4.74 Å². The average molecular weight is 331 g/mol. The number of carbonyl (C=O) groups excluding carboxylic acids is 2. The Balaban J connectivity index is 1.90. The molecule has 1 N–H and O–H groups in total. The molecule has 0 saturated carbocycles. The van der Waals surface area contributed by atoms with Crippen molar-refractivity contribution in [3.8, 4) is 17.0 Å². The van der Waals surface area contributed by atoms with Crippen LogP contribution < -0.4 is 15.0 Å². The number of rotatable bonds is 3. The van der Waals surface area contributed by atoms with Gasteiger partial charge in [-0.1, -0.05) is 6.92 Å². The summed E-state index contributed by atoms with van der Waals surface area (Å²) in [5, 5.41) is 5.19. The number of amides is 2. The molecule has 0 aliphatic carbocycles. The number of hydrogen-bond acceptors (Lipinski definition) is 5. The molecule has 1 aliphatic heterocycles. The van der Waals surface area contributed by atoms with Gasteiger partial charge in [-0.2, -0.15) is 0 Å². The van der Waals surface area contributed by atoms with E-state index >= 15 is 0 Å². The molecule has 1 aromatic heterocycles. The predicted octanol–water partition coefficient (Wildman–Crippen LogP) is 2.90. The minimum absolute atomic E-state index is 0.0657. The molecule has 2 amide bonds. The lowest BCUT2D eigenvalue weighted by atomic mass is 10.1. The van der Waals surface area contributed by atoms with Gasteiger partial charge in [0, 0.05) is 24.4 Å². The lowest BCUT2D eigenvalue weighted by Crippen LogP contribution is -2.41. The fourth-order valence-corrected chi connectivity index (χ4v) is 3.08. The molecule has 1 atom stereocenters. The largest absolute Gasteiger partial charge is 0.479 e. The highest BCUT2D eigenvalue weighted by atomic mass is 32.1. The monoisotopic (exact) mass is 331 g/mol. The molecule has 0 saturated heterocycles. The number of anilines is 2. The number of nitrogens with zero attached hydrogens (tertiary/aromatic N) is 2. The third-order valence-corrected chi connectivity index (χ3v) is 4.43. The first kappa shape index (κ1) is 15.5. The Labute approximate surface area is 138 Å². The highest BCUT2D eigenvalue weighted by Gasteiger charge is 2.29. The van der Waals surface area contributed by atoms with Crippen LogP contribution in [0.5, 0.6) is 5.75 Å². The van der Waals surface area contributed by atoms with Crippen LogP contribution in [-0.4, -0.2) is 29.9 Å². The van der Waals surface area contributed by atoms with Crippen LogP contribution in [0.25, 0.3) is 11.3 Å². The number of thiazole rings is 1. The number of ether oxygens (including phenoxy) is 1. The zero-order valence-electron chi connectivity index (χ0n) is 13.1. The van der Waals surface area contributed by atoms with Gasteiger partial charge in [-0.25, -0.2) is 4.98 Å². The van der Waals surface area contributed by atoms with Crippen molar-refractivity contribution in [3.63, 3.8) is 0 Å². The highest BCUT2D eigenvalue weighted by molar-refractivity contribution is 7.14. The van der Waals surface area contributed by atoms with Gasteiger partial charge in [0.2, 0.25) is 5.91 Å². The van der Waals surface area contributed by atoms with Crippen LogP contribution in [-0.2, 0) is 9.59 Å². The second kappa shape index (κ2) is 6.00. The number of benzene rings is 1. The number of carbonyl (C=O) groups is 2. The molecule has 1 aliphatic rings. The summed E-state index contributed by atoms with van der Waals surface area (Å²) in [6, 6.07) is 5.61. The van der Waals surface area contributed by atoms with E-state index in [9.17, 15) is 9.59 Å². The maximum atomic E-state index is 12.0. The molecule has 2 heterocycles. The first-order chi connectivity index (χ1) is 11.0. The van der Waals surface area contributed by atoms with E-state index < -0.39 is 6.10 Å².